The predicted octanol–water partition coefficient (Wildman–Crippen LogP) is 6.07. The van der Waals surface area contributed by atoms with Crippen LogP contribution in [0, 0.1) is 17.0 Å². The molecule has 0 fully saturated rings. The maximum atomic E-state index is 14.0. The molecule has 2 heterocycles. The smallest absolute Gasteiger partial charge is 0.222 e. The molecule has 0 aliphatic carbocycles. The van der Waals surface area contributed by atoms with Crippen molar-refractivity contribution < 1.29 is 13.6 Å². The topological polar surface area (TPSA) is 25.2 Å². The van der Waals surface area contributed by atoms with E-state index >= 15 is 0 Å². The Morgan fingerprint density at radius 3 is 2.58 bits per heavy atom. The summed E-state index contributed by atoms with van der Waals surface area (Å²) in [4.78, 5) is 14.8. The van der Waals surface area contributed by atoms with Crippen molar-refractivity contribution in [1.29, 1.82) is 0 Å². The Morgan fingerprint density at radius 1 is 1.06 bits per heavy atom. The Bertz CT molecular complexity index is 1110. The van der Waals surface area contributed by atoms with Gasteiger partial charge in [-0.15, -0.1) is 0 Å². The Balaban J connectivity index is 1.63. The van der Waals surface area contributed by atoms with Crippen LogP contribution in [-0.2, 0) is 24.3 Å². The highest BCUT2D eigenvalue weighted by molar-refractivity contribution is 5.87. The van der Waals surface area contributed by atoms with Gasteiger partial charge in [0.1, 0.15) is 11.6 Å². The number of carbonyl (C=O) groups is 1. The summed E-state index contributed by atoms with van der Waals surface area (Å²) in [6.45, 7) is 8.21. The zero-order chi connectivity index (χ0) is 22.2. The number of halogens is 2. The lowest BCUT2D eigenvalue weighted by molar-refractivity contribution is -0.132. The standard InChI is InChI=1S/C26H30F2N2O/c1-26(2,3)12-5-8-25(31)29-13-11-21-22-15-20(28)9-10-23(22)30(24(21)17-29)16-18-6-4-7-19(27)14-18/h4,6-7,9-10,14-15H,5,8,11-13,16-17H2,1-3H3. The molecule has 1 aromatic heterocycles. The molecule has 0 saturated carbocycles. The van der Waals surface area contributed by atoms with Crippen LogP contribution in [-0.4, -0.2) is 21.9 Å². The minimum atomic E-state index is -0.274. The van der Waals surface area contributed by atoms with Crippen LogP contribution in [0.25, 0.3) is 10.9 Å². The van der Waals surface area contributed by atoms with Gasteiger partial charge in [-0.1, -0.05) is 32.9 Å². The van der Waals surface area contributed by atoms with E-state index in [0.717, 1.165) is 40.6 Å². The largest absolute Gasteiger partial charge is 0.338 e. The SMILES string of the molecule is CC(C)(C)CCCC(=O)N1CCc2c(n(Cc3cccc(F)c3)c3ccc(F)cc23)C1. The fourth-order valence-corrected chi connectivity index (χ4v) is 4.55. The molecule has 0 N–H and O–H groups in total. The second-order valence-electron chi connectivity index (χ2n) is 9.78. The molecule has 0 bridgehead atoms. The van der Waals surface area contributed by atoms with E-state index < -0.39 is 0 Å². The van der Waals surface area contributed by atoms with Crippen molar-refractivity contribution >= 4 is 16.8 Å². The van der Waals surface area contributed by atoms with Gasteiger partial charge in [0.2, 0.25) is 5.91 Å². The van der Waals surface area contributed by atoms with Crippen molar-refractivity contribution in [2.24, 2.45) is 5.41 Å². The van der Waals surface area contributed by atoms with Crippen LogP contribution in [0.15, 0.2) is 42.5 Å². The third-order valence-electron chi connectivity index (χ3n) is 6.12. The third-order valence-corrected chi connectivity index (χ3v) is 6.12. The molecular formula is C26H30F2N2O. The fraction of sp³-hybridized carbons (Fsp3) is 0.423. The number of fused-ring (bicyclic) bond motifs is 3. The van der Waals surface area contributed by atoms with Gasteiger partial charge in [0, 0.05) is 36.1 Å². The molecule has 164 valence electrons. The first-order valence-corrected chi connectivity index (χ1v) is 11.0. The average molecular weight is 425 g/mol. The molecule has 3 nitrogen and oxygen atoms in total. The van der Waals surface area contributed by atoms with E-state index in [9.17, 15) is 13.6 Å². The van der Waals surface area contributed by atoms with Crippen molar-refractivity contribution in [2.45, 2.75) is 59.5 Å². The molecule has 0 radical (unpaired) electrons. The van der Waals surface area contributed by atoms with E-state index in [1.165, 1.54) is 18.2 Å². The Morgan fingerprint density at radius 2 is 1.84 bits per heavy atom. The summed E-state index contributed by atoms with van der Waals surface area (Å²) in [6.07, 6.45) is 3.14. The summed E-state index contributed by atoms with van der Waals surface area (Å²) in [5.41, 5.74) is 4.12. The summed E-state index contributed by atoms with van der Waals surface area (Å²) in [5.74, 6) is -0.368. The van der Waals surface area contributed by atoms with Crippen molar-refractivity contribution in [3.05, 3.63) is 70.9 Å². The molecule has 4 rings (SSSR count). The van der Waals surface area contributed by atoms with Crippen LogP contribution >= 0.6 is 0 Å². The second-order valence-corrected chi connectivity index (χ2v) is 9.78. The van der Waals surface area contributed by atoms with Gasteiger partial charge in [-0.3, -0.25) is 4.79 Å². The monoisotopic (exact) mass is 424 g/mol. The maximum absolute atomic E-state index is 14.0. The predicted molar refractivity (Wildman–Crippen MR) is 120 cm³/mol. The van der Waals surface area contributed by atoms with Crippen LogP contribution < -0.4 is 0 Å². The first kappa shape index (κ1) is 21.5. The first-order valence-electron chi connectivity index (χ1n) is 11.0. The van der Waals surface area contributed by atoms with Crippen LogP contribution in [0.1, 0.15) is 56.9 Å². The van der Waals surface area contributed by atoms with Crippen LogP contribution in [0.2, 0.25) is 0 Å². The maximum Gasteiger partial charge on any atom is 0.222 e. The highest BCUT2D eigenvalue weighted by Crippen LogP contribution is 2.33. The van der Waals surface area contributed by atoms with Crippen molar-refractivity contribution in [2.75, 3.05) is 6.54 Å². The molecule has 1 amide bonds. The molecule has 0 atom stereocenters. The molecule has 0 unspecified atom stereocenters. The summed E-state index contributed by atoms with van der Waals surface area (Å²) in [5, 5.41) is 0.895. The quantitative estimate of drug-likeness (QED) is 0.488. The summed E-state index contributed by atoms with van der Waals surface area (Å²) in [6, 6.07) is 11.4. The van der Waals surface area contributed by atoms with Gasteiger partial charge >= 0.3 is 0 Å². The molecule has 0 spiro atoms. The minimum Gasteiger partial charge on any atom is -0.338 e. The number of nitrogens with zero attached hydrogens (tertiary/aromatic N) is 2. The first-order chi connectivity index (χ1) is 14.7. The van der Waals surface area contributed by atoms with Gasteiger partial charge in [0.15, 0.2) is 0 Å². The third kappa shape index (κ3) is 4.81. The molecule has 0 saturated heterocycles. The molecule has 31 heavy (non-hydrogen) atoms. The van der Waals surface area contributed by atoms with Crippen LogP contribution in [0.5, 0.6) is 0 Å². The number of aromatic nitrogens is 1. The van der Waals surface area contributed by atoms with E-state index in [4.69, 9.17) is 0 Å². The van der Waals surface area contributed by atoms with Gasteiger partial charge in [0.25, 0.3) is 0 Å². The lowest BCUT2D eigenvalue weighted by Crippen LogP contribution is -2.36. The molecule has 2 aromatic carbocycles. The molecule has 5 heteroatoms. The molecule has 3 aromatic rings. The fourth-order valence-electron chi connectivity index (χ4n) is 4.55. The highest BCUT2D eigenvalue weighted by Gasteiger charge is 2.27. The van der Waals surface area contributed by atoms with Crippen LogP contribution in [0.3, 0.4) is 0 Å². The van der Waals surface area contributed by atoms with Crippen LogP contribution in [0.4, 0.5) is 8.78 Å². The minimum absolute atomic E-state index is 0.170. The van der Waals surface area contributed by atoms with E-state index in [1.54, 1.807) is 18.2 Å². The number of hydrogen-bond donors (Lipinski definition) is 0. The van der Waals surface area contributed by atoms with E-state index in [1.807, 2.05) is 11.0 Å². The van der Waals surface area contributed by atoms with Crippen molar-refractivity contribution in [3.8, 4) is 0 Å². The van der Waals surface area contributed by atoms with Crippen molar-refractivity contribution in [3.63, 3.8) is 0 Å². The average Bonchev–Trinajstić information content (AvgIpc) is 2.99. The summed E-state index contributed by atoms with van der Waals surface area (Å²) < 4.78 is 29.9. The number of amides is 1. The van der Waals surface area contributed by atoms with Gasteiger partial charge in [0.05, 0.1) is 6.54 Å². The zero-order valence-electron chi connectivity index (χ0n) is 18.5. The van der Waals surface area contributed by atoms with Gasteiger partial charge in [-0.2, -0.15) is 0 Å². The second kappa shape index (κ2) is 8.45. The molecule has 1 aliphatic heterocycles. The Kier molecular flexibility index (Phi) is 5.87. The normalized spacial score (nSPS) is 14.2. The van der Waals surface area contributed by atoms with Gasteiger partial charge in [-0.05, 0) is 66.1 Å². The Hall–Kier alpha value is -2.69. The summed E-state index contributed by atoms with van der Waals surface area (Å²) in [7, 11) is 0. The van der Waals surface area contributed by atoms with Gasteiger partial charge < -0.3 is 9.47 Å². The molecule has 1 aliphatic rings. The highest BCUT2D eigenvalue weighted by atomic mass is 19.1. The molecular weight excluding hydrogens is 394 g/mol. The van der Waals surface area contributed by atoms with E-state index in [0.29, 0.717) is 32.5 Å². The van der Waals surface area contributed by atoms with E-state index in [-0.39, 0.29) is 23.0 Å². The van der Waals surface area contributed by atoms with Crippen molar-refractivity contribution in [1.82, 2.24) is 9.47 Å². The summed E-state index contributed by atoms with van der Waals surface area (Å²) >= 11 is 0. The number of benzene rings is 2. The number of rotatable bonds is 5. The number of hydrogen-bond acceptors (Lipinski definition) is 1. The van der Waals surface area contributed by atoms with E-state index in [2.05, 4.69) is 25.3 Å². The zero-order valence-corrected chi connectivity index (χ0v) is 18.5. The Labute approximate surface area is 182 Å². The lowest BCUT2D eigenvalue weighted by Gasteiger charge is -2.29. The number of carbonyl (C=O) groups excluding carboxylic acids is 1. The van der Waals surface area contributed by atoms with Gasteiger partial charge in [-0.25, -0.2) is 8.78 Å². The lowest BCUT2D eigenvalue weighted by atomic mass is 9.90.